The van der Waals surface area contributed by atoms with Gasteiger partial charge in [0.05, 0.1) is 49.4 Å². The first-order valence-electron chi connectivity index (χ1n) is 13.8. The van der Waals surface area contributed by atoms with Crippen LogP contribution in [-0.2, 0) is 19.2 Å². The number of carboxylic acids is 1. The number of aliphatic imine (C=N–C) groups is 1. The normalized spacial score (nSPS) is 24.5. The summed E-state index contributed by atoms with van der Waals surface area (Å²) in [7, 11) is 0. The molecule has 1 aromatic heterocycles. The van der Waals surface area contributed by atoms with Gasteiger partial charge in [0.15, 0.2) is 22.5 Å². The number of rotatable bonds is 10. The summed E-state index contributed by atoms with van der Waals surface area (Å²) in [4.78, 5) is 40.6. The number of fused-ring (bicyclic) bond motifs is 1. The van der Waals surface area contributed by atoms with Gasteiger partial charge in [-0.2, -0.15) is 5.06 Å². The summed E-state index contributed by atoms with van der Waals surface area (Å²) >= 11 is 1.19. The van der Waals surface area contributed by atoms with Gasteiger partial charge in [0.2, 0.25) is 0 Å². The highest BCUT2D eigenvalue weighted by molar-refractivity contribution is 7.11. The number of amidine groups is 1. The number of halogens is 4. The number of esters is 1. The molecule has 1 aromatic carbocycles. The maximum Gasteiger partial charge on any atom is 0.338 e. The summed E-state index contributed by atoms with van der Waals surface area (Å²) in [5, 5.41) is 26.0. The van der Waals surface area contributed by atoms with Gasteiger partial charge in [-0.1, -0.05) is 12.1 Å². The molecule has 11 nitrogen and oxygen atoms in total. The zero-order valence-electron chi connectivity index (χ0n) is 24.0. The third-order valence-corrected chi connectivity index (χ3v) is 8.81. The summed E-state index contributed by atoms with van der Waals surface area (Å²) in [5.74, 6) is -7.81. The number of benzene rings is 1. The topological polar surface area (TPSA) is 137 Å². The lowest BCUT2D eigenvalue weighted by atomic mass is 9.86. The molecule has 5 rings (SSSR count). The van der Waals surface area contributed by atoms with E-state index in [9.17, 15) is 24.2 Å². The number of nitrogens with zero attached hydrogens (tertiary/aromatic N) is 4. The zero-order valence-corrected chi connectivity index (χ0v) is 24.8. The second-order valence-corrected chi connectivity index (χ2v) is 12.1. The number of aliphatic hydroxyl groups excluding tert-OH is 1. The zero-order chi connectivity index (χ0) is 32.0. The minimum Gasteiger partial charge on any atom is -0.481 e. The fourth-order valence-electron chi connectivity index (χ4n) is 5.47. The molecule has 3 N–H and O–H groups in total. The number of carboxylic acid groups (broad SMARTS) is 1. The van der Waals surface area contributed by atoms with E-state index >= 15 is 13.2 Å². The molecule has 44 heavy (non-hydrogen) atoms. The van der Waals surface area contributed by atoms with Crippen molar-refractivity contribution in [2.45, 2.75) is 50.9 Å². The summed E-state index contributed by atoms with van der Waals surface area (Å²) in [6.45, 7) is 2.31. The molecule has 0 saturated carbocycles. The van der Waals surface area contributed by atoms with E-state index in [0.717, 1.165) is 11.1 Å². The molecule has 4 atom stereocenters. The van der Waals surface area contributed by atoms with Gasteiger partial charge in [-0.3, -0.25) is 19.5 Å². The van der Waals surface area contributed by atoms with Crippen LogP contribution in [0.4, 0.5) is 17.6 Å². The van der Waals surface area contributed by atoms with Crippen molar-refractivity contribution in [1.29, 1.82) is 0 Å². The van der Waals surface area contributed by atoms with Crippen LogP contribution in [0.3, 0.4) is 0 Å². The van der Waals surface area contributed by atoms with Crippen LogP contribution in [-0.4, -0.2) is 99.9 Å². The number of aromatic nitrogens is 1. The van der Waals surface area contributed by atoms with Gasteiger partial charge in [0.1, 0.15) is 12.1 Å². The first-order chi connectivity index (χ1) is 20.8. The van der Waals surface area contributed by atoms with Gasteiger partial charge in [-0.25, -0.2) is 27.3 Å². The number of ether oxygens (including phenoxy) is 1. The Hall–Kier alpha value is -3.44. The number of likely N-dealkylation sites (tertiary alicyclic amines) is 1. The van der Waals surface area contributed by atoms with Crippen LogP contribution in [0, 0.1) is 17.0 Å². The van der Waals surface area contributed by atoms with E-state index in [2.05, 4.69) is 15.3 Å². The van der Waals surface area contributed by atoms with Crippen molar-refractivity contribution < 1.29 is 46.9 Å². The molecular formula is C28H31F4N5O6S. The number of aliphatic carboxylic acids is 1. The molecule has 3 aliphatic rings. The minimum absolute atomic E-state index is 0.0542. The van der Waals surface area contributed by atoms with Crippen LogP contribution >= 0.6 is 11.3 Å². The number of hydrogen-bond donors (Lipinski definition) is 3. The number of carbonyl (C=O) groups excluding carboxylic acids is 1. The van der Waals surface area contributed by atoms with Crippen LogP contribution in [0.25, 0.3) is 0 Å². The van der Waals surface area contributed by atoms with E-state index in [1.807, 2.05) is 0 Å². The molecule has 0 aliphatic carbocycles. The quantitative estimate of drug-likeness (QED) is 0.263. The van der Waals surface area contributed by atoms with Crippen molar-refractivity contribution in [3.05, 3.63) is 63.3 Å². The predicted molar refractivity (Wildman–Crippen MR) is 149 cm³/mol. The van der Waals surface area contributed by atoms with E-state index in [1.54, 1.807) is 12.3 Å². The van der Waals surface area contributed by atoms with Gasteiger partial charge in [0.25, 0.3) is 5.92 Å². The summed E-state index contributed by atoms with van der Waals surface area (Å²) in [5.41, 5.74) is -1.99. The first-order valence-corrected chi connectivity index (χ1v) is 14.7. The van der Waals surface area contributed by atoms with Gasteiger partial charge >= 0.3 is 11.9 Å². The van der Waals surface area contributed by atoms with Crippen LogP contribution in [0.15, 0.2) is 46.0 Å². The summed E-state index contributed by atoms with van der Waals surface area (Å²) < 4.78 is 65.8. The number of aliphatic hydroxyl groups is 1. The van der Waals surface area contributed by atoms with Crippen molar-refractivity contribution in [3.8, 4) is 0 Å². The van der Waals surface area contributed by atoms with Gasteiger partial charge < -0.3 is 20.3 Å². The highest BCUT2D eigenvalue weighted by Gasteiger charge is 2.61. The van der Waals surface area contributed by atoms with E-state index in [0.29, 0.717) is 5.01 Å². The highest BCUT2D eigenvalue weighted by Crippen LogP contribution is 2.42. The third-order valence-electron chi connectivity index (χ3n) is 8.03. The van der Waals surface area contributed by atoms with Gasteiger partial charge in [0, 0.05) is 29.4 Å². The Kier molecular flexibility index (Phi) is 8.83. The Labute approximate surface area is 253 Å². The van der Waals surface area contributed by atoms with Crippen molar-refractivity contribution in [3.63, 3.8) is 0 Å². The second-order valence-electron chi connectivity index (χ2n) is 11.2. The average molecular weight is 642 g/mol. The lowest BCUT2D eigenvalue weighted by molar-refractivity contribution is -0.202. The number of carbonyl (C=O) groups is 2. The Bertz CT molecular complexity index is 1490. The lowest BCUT2D eigenvalue weighted by Gasteiger charge is -2.32. The van der Waals surface area contributed by atoms with E-state index in [1.165, 1.54) is 48.4 Å². The first kappa shape index (κ1) is 32.0. The fraction of sp³-hybridized carbons (Fsp3) is 0.500. The molecule has 0 spiro atoms. The smallest absolute Gasteiger partial charge is 0.338 e. The molecule has 238 valence electrons. The van der Waals surface area contributed by atoms with E-state index < -0.39 is 72.2 Å². The average Bonchev–Trinajstić information content (AvgIpc) is 3.69. The molecule has 0 radical (unpaired) electrons. The molecule has 2 saturated heterocycles. The number of hydroxylamine groups is 2. The fourth-order valence-corrected chi connectivity index (χ4v) is 6.06. The molecule has 2 aromatic rings. The number of alkyl halides is 2. The number of β-amino-alcohol motifs (C(OH)–C–C–N with tert-alkyl or cyclic N) is 1. The Morgan fingerprint density at radius 2 is 2.07 bits per heavy atom. The van der Waals surface area contributed by atoms with Crippen molar-refractivity contribution in [2.24, 2.45) is 10.4 Å². The SMILES string of the molecule is CCOC(=O)C1=C(CN2CC(F)(F)[C@@H]3[C@H]2CON3C[C@H](O)C(C)(C)C(=O)O)NC(c2nccs2)=N[C@H]1c1cccc(F)c1F. The molecule has 16 heteroatoms. The molecule has 2 fully saturated rings. The van der Waals surface area contributed by atoms with Gasteiger partial charge in [-0.15, -0.1) is 11.3 Å². The predicted octanol–water partition coefficient (Wildman–Crippen LogP) is 2.74. The highest BCUT2D eigenvalue weighted by atomic mass is 32.1. The second kappa shape index (κ2) is 12.2. The molecule has 0 bridgehead atoms. The maximum absolute atomic E-state index is 15.6. The minimum atomic E-state index is -3.37. The van der Waals surface area contributed by atoms with Crippen LogP contribution in [0.5, 0.6) is 0 Å². The van der Waals surface area contributed by atoms with Crippen LogP contribution < -0.4 is 5.32 Å². The lowest BCUT2D eigenvalue weighted by Crippen LogP contribution is -2.51. The number of nitrogens with one attached hydrogen (secondary N) is 1. The monoisotopic (exact) mass is 641 g/mol. The largest absolute Gasteiger partial charge is 0.481 e. The maximum atomic E-state index is 15.6. The Morgan fingerprint density at radius 1 is 1.32 bits per heavy atom. The van der Waals surface area contributed by atoms with Crippen molar-refractivity contribution >= 4 is 29.1 Å². The standard InChI is InChI=1S/C28H31F4N5O6S/c1-4-42-25(39)19-16(34-23(24-33-8-9-44-24)35-21(19)14-6-5-7-15(29)20(14)30)10-36-13-28(31,32)22-17(36)12-43-37(22)11-18(38)27(2,3)26(40)41/h5-9,17-18,21-22,38H,4,10-13H2,1-3H3,(H,34,35)(H,40,41)/t17-,18+,21+,22+/m1/s1. The molecular weight excluding hydrogens is 610 g/mol. The molecule has 0 amide bonds. The van der Waals surface area contributed by atoms with Crippen LogP contribution in [0.2, 0.25) is 0 Å². The third kappa shape index (κ3) is 5.83. The van der Waals surface area contributed by atoms with Crippen molar-refractivity contribution in [1.82, 2.24) is 20.3 Å². The summed E-state index contributed by atoms with van der Waals surface area (Å²) in [6, 6.07) is -0.390. The van der Waals surface area contributed by atoms with Crippen LogP contribution in [0.1, 0.15) is 37.4 Å². The number of thiazole rings is 1. The molecule has 3 aliphatic heterocycles. The molecule has 0 unspecified atom stereocenters. The number of hydrogen-bond acceptors (Lipinski definition) is 11. The van der Waals surface area contributed by atoms with Crippen molar-refractivity contribution in [2.75, 3.05) is 32.8 Å². The Morgan fingerprint density at radius 3 is 2.73 bits per heavy atom. The molecule has 4 heterocycles. The van der Waals surface area contributed by atoms with E-state index in [-0.39, 0.29) is 42.4 Å². The van der Waals surface area contributed by atoms with Gasteiger partial charge in [-0.05, 0) is 26.8 Å². The Balaban J connectivity index is 1.51. The summed E-state index contributed by atoms with van der Waals surface area (Å²) in [6.07, 6.45) is -0.0248. The van der Waals surface area contributed by atoms with E-state index in [4.69, 9.17) is 9.57 Å².